The topological polar surface area (TPSA) is 105 Å². The van der Waals surface area contributed by atoms with E-state index < -0.39 is 16.5 Å². The molecule has 0 fully saturated rings. The first-order valence-electron chi connectivity index (χ1n) is 5.39. The van der Waals surface area contributed by atoms with Crippen LogP contribution in [0, 0.1) is 10.1 Å². The molecule has 0 aliphatic rings. The van der Waals surface area contributed by atoms with Crippen LogP contribution in [-0.4, -0.2) is 20.9 Å². The van der Waals surface area contributed by atoms with Crippen molar-refractivity contribution < 1.29 is 14.8 Å². The van der Waals surface area contributed by atoms with Crippen molar-refractivity contribution in [3.8, 4) is 5.75 Å². The normalized spacial score (nSPS) is 10.1. The highest BCUT2D eigenvalue weighted by molar-refractivity contribution is 9.10. The monoisotopic (exact) mass is 337 g/mol. The van der Waals surface area contributed by atoms with Gasteiger partial charge in [0.2, 0.25) is 0 Å². The van der Waals surface area contributed by atoms with Gasteiger partial charge in [0.15, 0.2) is 5.69 Å². The van der Waals surface area contributed by atoms with Gasteiger partial charge in [-0.3, -0.25) is 14.9 Å². The summed E-state index contributed by atoms with van der Waals surface area (Å²) in [6, 6.07) is 6.81. The van der Waals surface area contributed by atoms with E-state index in [0.717, 1.165) is 0 Å². The van der Waals surface area contributed by atoms with Crippen molar-refractivity contribution in [3.05, 3.63) is 56.8 Å². The summed E-state index contributed by atoms with van der Waals surface area (Å²) in [4.78, 5) is 26.1. The molecular weight excluding hydrogens is 330 g/mol. The first-order valence-corrected chi connectivity index (χ1v) is 6.18. The number of nitro benzene ring substituents is 1. The number of phenolic OH excluding ortho intramolecular Hbond substituents is 1. The van der Waals surface area contributed by atoms with E-state index in [1.807, 2.05) is 0 Å². The fourth-order valence-corrected chi connectivity index (χ4v) is 1.98. The van der Waals surface area contributed by atoms with E-state index in [9.17, 15) is 20.0 Å². The molecule has 0 aliphatic heterocycles. The molecule has 7 nitrogen and oxygen atoms in total. The van der Waals surface area contributed by atoms with Crippen molar-refractivity contribution in [1.82, 2.24) is 4.98 Å². The minimum absolute atomic E-state index is 0.199. The maximum absolute atomic E-state index is 12.0. The van der Waals surface area contributed by atoms with Crippen LogP contribution in [0.5, 0.6) is 5.75 Å². The van der Waals surface area contributed by atoms with Gasteiger partial charge in [-0.2, -0.15) is 0 Å². The third-order valence-electron chi connectivity index (χ3n) is 2.46. The molecule has 0 bridgehead atoms. The van der Waals surface area contributed by atoms with Crippen molar-refractivity contribution >= 4 is 33.2 Å². The Morgan fingerprint density at radius 3 is 2.75 bits per heavy atom. The van der Waals surface area contributed by atoms with Gasteiger partial charge in [-0.15, -0.1) is 0 Å². The molecule has 102 valence electrons. The van der Waals surface area contributed by atoms with Crippen LogP contribution in [0.1, 0.15) is 10.4 Å². The van der Waals surface area contributed by atoms with E-state index in [0.29, 0.717) is 4.60 Å². The fourth-order valence-electron chi connectivity index (χ4n) is 1.54. The lowest BCUT2D eigenvalue weighted by molar-refractivity contribution is -0.384. The largest absolute Gasteiger partial charge is 0.505 e. The standard InChI is InChI=1S/C12H8BrN3O4/c13-11-7(3-2-6-14-11)12(18)15-10-8(16(19)20)4-1-5-9(10)17/h1-6,17H,(H,15,18). The van der Waals surface area contributed by atoms with Crippen LogP contribution in [0.3, 0.4) is 0 Å². The summed E-state index contributed by atoms with van der Waals surface area (Å²) in [6.45, 7) is 0. The number of nitro groups is 1. The van der Waals surface area contributed by atoms with Gasteiger partial charge in [-0.05, 0) is 34.1 Å². The number of nitrogens with one attached hydrogen (secondary N) is 1. The second-order valence-corrected chi connectivity index (χ2v) is 4.48. The van der Waals surface area contributed by atoms with Crippen LogP contribution < -0.4 is 5.32 Å². The number of rotatable bonds is 3. The summed E-state index contributed by atoms with van der Waals surface area (Å²) in [5.74, 6) is -0.998. The first kappa shape index (κ1) is 13.9. The van der Waals surface area contributed by atoms with Crippen LogP contribution in [0.25, 0.3) is 0 Å². The molecule has 1 aromatic heterocycles. The van der Waals surface area contributed by atoms with Gasteiger partial charge in [0.05, 0.1) is 10.5 Å². The molecule has 1 amide bonds. The Bertz CT molecular complexity index is 690. The second-order valence-electron chi connectivity index (χ2n) is 3.72. The lowest BCUT2D eigenvalue weighted by atomic mass is 10.2. The number of anilines is 1. The van der Waals surface area contributed by atoms with E-state index in [4.69, 9.17) is 0 Å². The van der Waals surface area contributed by atoms with Gasteiger partial charge in [0.25, 0.3) is 11.6 Å². The third kappa shape index (κ3) is 2.75. The number of carbonyl (C=O) groups is 1. The number of phenols is 1. The molecule has 0 spiro atoms. The molecule has 1 aromatic carbocycles. The van der Waals surface area contributed by atoms with Crippen LogP contribution in [0.15, 0.2) is 41.1 Å². The van der Waals surface area contributed by atoms with Gasteiger partial charge in [0, 0.05) is 12.3 Å². The number of hydrogen-bond donors (Lipinski definition) is 2. The molecule has 0 unspecified atom stereocenters. The minimum Gasteiger partial charge on any atom is -0.505 e. The zero-order chi connectivity index (χ0) is 14.7. The molecule has 2 rings (SSSR count). The number of hydrogen-bond acceptors (Lipinski definition) is 5. The van der Waals surface area contributed by atoms with Gasteiger partial charge >= 0.3 is 0 Å². The van der Waals surface area contributed by atoms with Crippen LogP contribution in [-0.2, 0) is 0 Å². The number of nitrogens with zero attached hydrogens (tertiary/aromatic N) is 2. The molecule has 1 heterocycles. The summed E-state index contributed by atoms with van der Waals surface area (Å²) in [5.41, 5.74) is -0.443. The molecule has 2 aromatic rings. The highest BCUT2D eigenvalue weighted by Gasteiger charge is 2.21. The highest BCUT2D eigenvalue weighted by Crippen LogP contribution is 2.33. The number of amides is 1. The molecule has 0 aliphatic carbocycles. The van der Waals surface area contributed by atoms with E-state index in [2.05, 4.69) is 26.2 Å². The molecule has 20 heavy (non-hydrogen) atoms. The minimum atomic E-state index is -0.687. The Morgan fingerprint density at radius 1 is 1.35 bits per heavy atom. The number of aromatic nitrogens is 1. The van der Waals surface area contributed by atoms with Crippen molar-refractivity contribution in [2.24, 2.45) is 0 Å². The quantitative estimate of drug-likeness (QED) is 0.387. The lowest BCUT2D eigenvalue weighted by Crippen LogP contribution is -2.14. The number of para-hydroxylation sites is 1. The van der Waals surface area contributed by atoms with Crippen molar-refractivity contribution in [1.29, 1.82) is 0 Å². The Morgan fingerprint density at radius 2 is 2.10 bits per heavy atom. The molecule has 2 N–H and O–H groups in total. The average Bonchev–Trinajstić information content (AvgIpc) is 2.41. The van der Waals surface area contributed by atoms with Crippen LogP contribution >= 0.6 is 15.9 Å². The molecule has 8 heteroatoms. The predicted octanol–water partition coefficient (Wildman–Crippen LogP) is 2.71. The van der Waals surface area contributed by atoms with Crippen molar-refractivity contribution in [2.45, 2.75) is 0 Å². The van der Waals surface area contributed by atoms with E-state index in [-0.39, 0.29) is 17.0 Å². The maximum Gasteiger partial charge on any atom is 0.296 e. The van der Waals surface area contributed by atoms with E-state index >= 15 is 0 Å². The molecule has 0 atom stereocenters. The lowest BCUT2D eigenvalue weighted by Gasteiger charge is -2.08. The van der Waals surface area contributed by atoms with Gasteiger partial charge in [0.1, 0.15) is 10.4 Å². The zero-order valence-electron chi connectivity index (χ0n) is 9.91. The average molecular weight is 338 g/mol. The SMILES string of the molecule is O=C(Nc1c(O)cccc1[N+](=O)[O-])c1cccnc1Br. The number of benzene rings is 1. The summed E-state index contributed by atoms with van der Waals surface area (Å²) in [5, 5.41) is 22.9. The van der Waals surface area contributed by atoms with Gasteiger partial charge < -0.3 is 10.4 Å². The zero-order valence-corrected chi connectivity index (χ0v) is 11.5. The third-order valence-corrected chi connectivity index (χ3v) is 3.09. The second kappa shape index (κ2) is 5.66. The molecule has 0 radical (unpaired) electrons. The van der Waals surface area contributed by atoms with Gasteiger partial charge in [-0.1, -0.05) is 6.07 Å². The summed E-state index contributed by atoms with van der Waals surface area (Å²) < 4.78 is 0.301. The van der Waals surface area contributed by atoms with Crippen LogP contribution in [0.2, 0.25) is 0 Å². The predicted molar refractivity (Wildman–Crippen MR) is 74.7 cm³/mol. The number of aromatic hydroxyl groups is 1. The molecule has 0 saturated heterocycles. The molecular formula is C12H8BrN3O4. The highest BCUT2D eigenvalue weighted by atomic mass is 79.9. The van der Waals surface area contributed by atoms with E-state index in [1.54, 1.807) is 6.07 Å². The van der Waals surface area contributed by atoms with Gasteiger partial charge in [-0.25, -0.2) is 4.98 Å². The first-order chi connectivity index (χ1) is 9.50. The Labute approximate surface area is 121 Å². The summed E-state index contributed by atoms with van der Waals surface area (Å²) in [6.07, 6.45) is 1.49. The molecule has 0 saturated carbocycles. The Hall–Kier alpha value is -2.48. The van der Waals surface area contributed by atoms with Crippen molar-refractivity contribution in [3.63, 3.8) is 0 Å². The Kier molecular flexibility index (Phi) is 3.94. The summed E-state index contributed by atoms with van der Waals surface area (Å²) in [7, 11) is 0. The maximum atomic E-state index is 12.0. The van der Waals surface area contributed by atoms with Crippen LogP contribution in [0.4, 0.5) is 11.4 Å². The smallest absolute Gasteiger partial charge is 0.296 e. The number of pyridine rings is 1. The summed E-state index contributed by atoms with van der Waals surface area (Å²) >= 11 is 3.11. The Balaban J connectivity index is 2.38. The number of carbonyl (C=O) groups excluding carboxylic acids is 1. The van der Waals surface area contributed by atoms with E-state index in [1.165, 1.54) is 30.5 Å². The fraction of sp³-hybridized carbons (Fsp3) is 0. The number of halogens is 1. The van der Waals surface area contributed by atoms with Crippen molar-refractivity contribution in [2.75, 3.05) is 5.32 Å².